The summed E-state index contributed by atoms with van der Waals surface area (Å²) in [6.07, 6.45) is -0.665. The Morgan fingerprint density at radius 2 is 2.05 bits per heavy atom. The number of aliphatic hydroxyl groups is 1. The lowest BCUT2D eigenvalue weighted by atomic mass is 10.1. The molecule has 0 aliphatic carbocycles. The van der Waals surface area contributed by atoms with Crippen LogP contribution >= 0.6 is 0 Å². The van der Waals surface area contributed by atoms with Gasteiger partial charge in [-0.15, -0.1) is 0 Å². The summed E-state index contributed by atoms with van der Waals surface area (Å²) in [5.41, 5.74) is 7.61. The predicted octanol–water partition coefficient (Wildman–Crippen LogP) is 0.856. The number of aryl methyl sites for hydroxylation is 1. The van der Waals surface area contributed by atoms with Crippen LogP contribution in [-0.2, 0) is 16.0 Å². The summed E-state index contributed by atoms with van der Waals surface area (Å²) in [4.78, 5) is 0. The minimum atomic E-state index is -0.665. The summed E-state index contributed by atoms with van der Waals surface area (Å²) < 4.78 is 15.7. The number of nitrogens with two attached hydrogens (primary N) is 1. The zero-order valence-electron chi connectivity index (χ0n) is 11.6. The number of methoxy groups -OCH3 is 1. The minimum absolute atomic E-state index is 0.185. The monoisotopic (exact) mass is 269 g/mol. The molecule has 5 heteroatoms. The fourth-order valence-corrected chi connectivity index (χ4v) is 1.67. The van der Waals surface area contributed by atoms with E-state index in [-0.39, 0.29) is 13.2 Å². The number of aliphatic hydroxyl groups excluding tert-OH is 1. The number of rotatable bonds is 9. The van der Waals surface area contributed by atoms with Crippen molar-refractivity contribution in [1.82, 2.24) is 0 Å². The van der Waals surface area contributed by atoms with E-state index in [0.29, 0.717) is 19.8 Å². The van der Waals surface area contributed by atoms with Crippen molar-refractivity contribution in [1.29, 1.82) is 0 Å². The molecule has 0 aliphatic rings. The van der Waals surface area contributed by atoms with Gasteiger partial charge in [0, 0.05) is 19.2 Å². The summed E-state index contributed by atoms with van der Waals surface area (Å²) in [7, 11) is 1.61. The number of ether oxygens (including phenoxy) is 3. The molecule has 0 spiro atoms. The molecule has 0 amide bonds. The van der Waals surface area contributed by atoms with Gasteiger partial charge in [0.15, 0.2) is 0 Å². The van der Waals surface area contributed by atoms with Gasteiger partial charge in [-0.1, -0.05) is 18.2 Å². The van der Waals surface area contributed by atoms with Crippen molar-refractivity contribution in [2.45, 2.75) is 19.6 Å². The van der Waals surface area contributed by atoms with E-state index in [0.717, 1.165) is 16.9 Å². The molecule has 108 valence electrons. The van der Waals surface area contributed by atoms with Crippen LogP contribution in [0.5, 0.6) is 5.75 Å². The third kappa shape index (κ3) is 5.57. The predicted molar refractivity (Wildman–Crippen MR) is 73.3 cm³/mol. The van der Waals surface area contributed by atoms with Gasteiger partial charge in [0.1, 0.15) is 18.5 Å². The smallest absolute Gasteiger partial charge is 0.126 e. The van der Waals surface area contributed by atoms with Crippen molar-refractivity contribution in [2.75, 3.05) is 33.5 Å². The fourth-order valence-electron chi connectivity index (χ4n) is 1.67. The van der Waals surface area contributed by atoms with E-state index in [2.05, 4.69) is 0 Å². The molecule has 1 rings (SSSR count). The van der Waals surface area contributed by atoms with E-state index < -0.39 is 6.10 Å². The first-order valence-electron chi connectivity index (χ1n) is 6.35. The second kappa shape index (κ2) is 8.87. The van der Waals surface area contributed by atoms with Crippen molar-refractivity contribution in [3.63, 3.8) is 0 Å². The van der Waals surface area contributed by atoms with E-state index in [1.54, 1.807) is 7.11 Å². The van der Waals surface area contributed by atoms with Crippen LogP contribution in [0.25, 0.3) is 0 Å². The van der Waals surface area contributed by atoms with E-state index in [1.165, 1.54) is 0 Å². The second-order valence-electron chi connectivity index (χ2n) is 4.30. The highest BCUT2D eigenvalue weighted by molar-refractivity contribution is 5.40. The molecule has 0 radical (unpaired) electrons. The van der Waals surface area contributed by atoms with Gasteiger partial charge in [-0.2, -0.15) is 0 Å². The molecule has 0 saturated carbocycles. The van der Waals surface area contributed by atoms with Crippen molar-refractivity contribution in [3.8, 4) is 5.75 Å². The van der Waals surface area contributed by atoms with Gasteiger partial charge < -0.3 is 25.1 Å². The summed E-state index contributed by atoms with van der Waals surface area (Å²) in [5, 5.41) is 9.74. The second-order valence-corrected chi connectivity index (χ2v) is 4.30. The highest BCUT2D eigenvalue weighted by Gasteiger charge is 2.09. The maximum absolute atomic E-state index is 9.74. The summed E-state index contributed by atoms with van der Waals surface area (Å²) in [6.45, 7) is 3.76. The molecular weight excluding hydrogens is 246 g/mol. The van der Waals surface area contributed by atoms with Gasteiger partial charge in [-0.05, 0) is 12.5 Å². The molecule has 1 atom stereocenters. The largest absolute Gasteiger partial charge is 0.490 e. The van der Waals surface area contributed by atoms with Crippen molar-refractivity contribution in [3.05, 3.63) is 29.3 Å². The van der Waals surface area contributed by atoms with Crippen molar-refractivity contribution >= 4 is 0 Å². The first-order valence-corrected chi connectivity index (χ1v) is 6.35. The van der Waals surface area contributed by atoms with Crippen LogP contribution in [0.3, 0.4) is 0 Å². The maximum atomic E-state index is 9.74. The normalized spacial score (nSPS) is 12.4. The highest BCUT2D eigenvalue weighted by Crippen LogP contribution is 2.23. The highest BCUT2D eigenvalue weighted by atomic mass is 16.5. The molecule has 0 saturated heterocycles. The number of hydrogen-bond acceptors (Lipinski definition) is 5. The van der Waals surface area contributed by atoms with Crippen LogP contribution < -0.4 is 10.5 Å². The lowest BCUT2D eigenvalue weighted by molar-refractivity contribution is -0.00440. The molecule has 1 aromatic carbocycles. The molecule has 0 heterocycles. The molecule has 0 aliphatic heterocycles. The van der Waals surface area contributed by atoms with Crippen LogP contribution in [-0.4, -0.2) is 44.7 Å². The van der Waals surface area contributed by atoms with Gasteiger partial charge in [-0.3, -0.25) is 0 Å². The van der Waals surface area contributed by atoms with Gasteiger partial charge in [-0.25, -0.2) is 0 Å². The Morgan fingerprint density at radius 1 is 1.26 bits per heavy atom. The molecule has 19 heavy (non-hydrogen) atoms. The fraction of sp³-hybridized carbons (Fsp3) is 0.571. The Bertz CT molecular complexity index is 370. The summed E-state index contributed by atoms with van der Waals surface area (Å²) >= 11 is 0. The quantitative estimate of drug-likeness (QED) is 0.650. The molecule has 1 aromatic rings. The molecule has 1 unspecified atom stereocenters. The topological polar surface area (TPSA) is 73.9 Å². The average molecular weight is 269 g/mol. The Morgan fingerprint density at radius 3 is 2.74 bits per heavy atom. The van der Waals surface area contributed by atoms with Crippen molar-refractivity contribution in [2.24, 2.45) is 5.73 Å². The van der Waals surface area contributed by atoms with E-state index >= 15 is 0 Å². The summed E-state index contributed by atoms with van der Waals surface area (Å²) in [5.74, 6) is 0.751. The van der Waals surface area contributed by atoms with Crippen LogP contribution in [0, 0.1) is 6.92 Å². The maximum Gasteiger partial charge on any atom is 0.126 e. The standard InChI is InChI=1S/C14H23NO4/c1-11-4-3-5-12(8-15)14(11)19-10-13(16)9-18-7-6-17-2/h3-5,13,16H,6-10,15H2,1-2H3. The first-order chi connectivity index (χ1) is 9.19. The van der Waals surface area contributed by atoms with Gasteiger partial charge in [0.25, 0.3) is 0 Å². The number of benzene rings is 1. The Hall–Kier alpha value is -1.14. The molecule has 3 N–H and O–H groups in total. The van der Waals surface area contributed by atoms with Crippen LogP contribution in [0.15, 0.2) is 18.2 Å². The molecule has 5 nitrogen and oxygen atoms in total. The minimum Gasteiger partial charge on any atom is -0.490 e. The molecule has 0 bridgehead atoms. The number of hydrogen-bond donors (Lipinski definition) is 2. The SMILES string of the molecule is COCCOCC(O)COc1c(C)cccc1CN. The number of para-hydroxylation sites is 1. The van der Waals surface area contributed by atoms with E-state index in [1.807, 2.05) is 25.1 Å². The van der Waals surface area contributed by atoms with E-state index in [4.69, 9.17) is 19.9 Å². The van der Waals surface area contributed by atoms with Crippen LogP contribution in [0.1, 0.15) is 11.1 Å². The molecular formula is C14H23NO4. The third-order valence-corrected chi connectivity index (χ3v) is 2.68. The Labute approximate surface area is 114 Å². The van der Waals surface area contributed by atoms with Crippen molar-refractivity contribution < 1.29 is 19.3 Å². The third-order valence-electron chi connectivity index (χ3n) is 2.68. The van der Waals surface area contributed by atoms with E-state index in [9.17, 15) is 5.11 Å². The molecule has 0 aromatic heterocycles. The average Bonchev–Trinajstić information content (AvgIpc) is 2.42. The lowest BCUT2D eigenvalue weighted by Gasteiger charge is -2.16. The Balaban J connectivity index is 2.39. The van der Waals surface area contributed by atoms with Gasteiger partial charge in [0.2, 0.25) is 0 Å². The zero-order valence-corrected chi connectivity index (χ0v) is 11.6. The van der Waals surface area contributed by atoms with Crippen LogP contribution in [0.4, 0.5) is 0 Å². The lowest BCUT2D eigenvalue weighted by Crippen LogP contribution is -2.25. The van der Waals surface area contributed by atoms with Crippen LogP contribution in [0.2, 0.25) is 0 Å². The Kier molecular flexibility index (Phi) is 7.43. The van der Waals surface area contributed by atoms with Gasteiger partial charge in [0.05, 0.1) is 19.8 Å². The first kappa shape index (κ1) is 15.9. The van der Waals surface area contributed by atoms with Gasteiger partial charge >= 0.3 is 0 Å². The zero-order chi connectivity index (χ0) is 14.1. The summed E-state index contributed by atoms with van der Waals surface area (Å²) in [6, 6.07) is 5.81. The molecule has 0 fully saturated rings.